The van der Waals surface area contributed by atoms with Crippen molar-refractivity contribution in [3.8, 4) is 5.75 Å². The van der Waals surface area contributed by atoms with Crippen molar-refractivity contribution in [1.29, 1.82) is 0 Å². The molecule has 0 spiro atoms. The molecule has 2 aliphatic rings. The highest BCUT2D eigenvalue weighted by atomic mass is 16.5. The molecule has 3 N–H and O–H groups in total. The van der Waals surface area contributed by atoms with Gasteiger partial charge in [0.15, 0.2) is 0 Å². The van der Waals surface area contributed by atoms with Crippen LogP contribution in [0.4, 0.5) is 17.5 Å². The molecule has 0 aliphatic carbocycles. The number of benzene rings is 1. The standard InChI is InChI=1S/C24H29N9O2/c1-25-17-6-10-33(11-7-17)24-29-20-16-27-31-23(34)21(20)22(30-24)28-18-2-4-19(5-3-18)35-15-14-32-12-8-26-9-13-32/h2-5,16-17,26H,6-15H2,(H,31,34)(H,28,29,30). The van der Waals surface area contributed by atoms with Crippen molar-refractivity contribution in [2.24, 2.45) is 0 Å². The third kappa shape index (κ3) is 5.50. The Bertz CT molecular complexity index is 1240. The highest BCUT2D eigenvalue weighted by Crippen LogP contribution is 2.26. The maximum absolute atomic E-state index is 12.5. The maximum Gasteiger partial charge on any atom is 0.277 e. The van der Waals surface area contributed by atoms with Crippen LogP contribution in [0.25, 0.3) is 15.7 Å². The molecule has 2 saturated heterocycles. The Labute approximate surface area is 203 Å². The van der Waals surface area contributed by atoms with Crippen LogP contribution in [0.5, 0.6) is 5.75 Å². The number of piperazine rings is 1. The molecular weight excluding hydrogens is 446 g/mol. The van der Waals surface area contributed by atoms with Gasteiger partial charge in [-0.25, -0.2) is 16.7 Å². The van der Waals surface area contributed by atoms with Gasteiger partial charge in [-0.3, -0.25) is 9.69 Å². The van der Waals surface area contributed by atoms with Crippen LogP contribution in [-0.2, 0) is 0 Å². The highest BCUT2D eigenvalue weighted by Gasteiger charge is 2.25. The minimum Gasteiger partial charge on any atom is -0.492 e. The van der Waals surface area contributed by atoms with Crippen LogP contribution in [0.3, 0.4) is 0 Å². The first kappa shape index (κ1) is 23.0. The molecule has 0 saturated carbocycles. The van der Waals surface area contributed by atoms with Crippen LogP contribution in [0.15, 0.2) is 35.3 Å². The number of aromatic nitrogens is 4. The second-order valence-electron chi connectivity index (χ2n) is 8.77. The maximum atomic E-state index is 12.5. The molecule has 0 amide bonds. The molecule has 35 heavy (non-hydrogen) atoms. The summed E-state index contributed by atoms with van der Waals surface area (Å²) in [4.78, 5) is 29.9. The lowest BCUT2D eigenvalue weighted by Crippen LogP contribution is -2.44. The van der Waals surface area contributed by atoms with E-state index < -0.39 is 0 Å². The number of H-pyrrole nitrogens is 1. The van der Waals surface area contributed by atoms with Crippen molar-refractivity contribution < 1.29 is 4.74 Å². The van der Waals surface area contributed by atoms with E-state index in [1.165, 1.54) is 6.20 Å². The smallest absolute Gasteiger partial charge is 0.277 e. The molecule has 1 aromatic carbocycles. The molecule has 2 aliphatic heterocycles. The minimum atomic E-state index is -0.351. The Hall–Kier alpha value is -3.75. The summed E-state index contributed by atoms with van der Waals surface area (Å²) in [7, 11) is 0. The van der Waals surface area contributed by atoms with Gasteiger partial charge in [0.2, 0.25) is 12.0 Å². The summed E-state index contributed by atoms with van der Waals surface area (Å²) in [5.41, 5.74) is 0.908. The van der Waals surface area contributed by atoms with E-state index in [-0.39, 0.29) is 11.6 Å². The van der Waals surface area contributed by atoms with E-state index in [0.717, 1.165) is 57.0 Å². The van der Waals surface area contributed by atoms with E-state index in [2.05, 4.69) is 40.5 Å². The molecule has 0 radical (unpaired) electrons. The van der Waals surface area contributed by atoms with E-state index in [4.69, 9.17) is 16.3 Å². The SMILES string of the molecule is [C-]#[N+]C1CCN(c2nc(Nc3ccc(OCCN4CCNCC4)cc3)c3c(=O)[nH]ncc3n2)CC1. The normalized spacial score (nSPS) is 17.3. The molecule has 2 fully saturated rings. The zero-order valence-corrected chi connectivity index (χ0v) is 19.5. The fraction of sp³-hybridized carbons (Fsp3) is 0.458. The number of aromatic amines is 1. The second kappa shape index (κ2) is 10.7. The van der Waals surface area contributed by atoms with Gasteiger partial charge < -0.3 is 25.1 Å². The molecule has 11 heteroatoms. The Morgan fingerprint density at radius 1 is 1.11 bits per heavy atom. The molecule has 5 rings (SSSR count). The van der Waals surface area contributed by atoms with E-state index in [9.17, 15) is 4.79 Å². The lowest BCUT2D eigenvalue weighted by atomic mass is 10.1. The number of rotatable bonds is 7. The van der Waals surface area contributed by atoms with Crippen LogP contribution < -0.4 is 25.8 Å². The van der Waals surface area contributed by atoms with Gasteiger partial charge in [0.1, 0.15) is 29.1 Å². The Morgan fingerprint density at radius 3 is 2.63 bits per heavy atom. The monoisotopic (exact) mass is 475 g/mol. The van der Waals surface area contributed by atoms with Crippen molar-refractivity contribution >= 4 is 28.4 Å². The fourth-order valence-electron chi connectivity index (χ4n) is 4.42. The lowest BCUT2D eigenvalue weighted by molar-refractivity contribution is 0.191. The first-order valence-corrected chi connectivity index (χ1v) is 12.0. The third-order valence-corrected chi connectivity index (χ3v) is 6.44. The topological polar surface area (TPSA) is 116 Å². The third-order valence-electron chi connectivity index (χ3n) is 6.44. The Balaban J connectivity index is 1.30. The summed E-state index contributed by atoms with van der Waals surface area (Å²) in [6.07, 6.45) is 3.09. The van der Waals surface area contributed by atoms with Crippen molar-refractivity contribution in [1.82, 2.24) is 30.4 Å². The zero-order valence-electron chi connectivity index (χ0n) is 19.5. The van der Waals surface area contributed by atoms with Crippen LogP contribution in [-0.4, -0.2) is 83.5 Å². The summed E-state index contributed by atoms with van der Waals surface area (Å²) in [5.74, 6) is 1.75. The predicted octanol–water partition coefficient (Wildman–Crippen LogP) is 1.63. The van der Waals surface area contributed by atoms with Crippen LogP contribution in [0.2, 0.25) is 0 Å². The summed E-state index contributed by atoms with van der Waals surface area (Å²) in [5, 5.41) is 13.4. The second-order valence-corrected chi connectivity index (χ2v) is 8.77. The van der Waals surface area contributed by atoms with Gasteiger partial charge in [-0.05, 0) is 24.3 Å². The van der Waals surface area contributed by atoms with Gasteiger partial charge >= 0.3 is 0 Å². The van der Waals surface area contributed by atoms with Gasteiger partial charge in [-0.1, -0.05) is 0 Å². The molecule has 182 valence electrons. The van der Waals surface area contributed by atoms with Crippen molar-refractivity contribution in [2.45, 2.75) is 18.9 Å². The predicted molar refractivity (Wildman–Crippen MR) is 134 cm³/mol. The van der Waals surface area contributed by atoms with Gasteiger partial charge in [0.25, 0.3) is 5.56 Å². The van der Waals surface area contributed by atoms with Gasteiger partial charge in [-0.2, -0.15) is 10.1 Å². The molecular formula is C24H29N9O2. The summed E-state index contributed by atoms with van der Waals surface area (Å²) in [6.45, 7) is 14.4. The Morgan fingerprint density at radius 2 is 1.89 bits per heavy atom. The number of ether oxygens (including phenoxy) is 1. The summed E-state index contributed by atoms with van der Waals surface area (Å²) >= 11 is 0. The van der Waals surface area contributed by atoms with Crippen molar-refractivity contribution in [2.75, 3.05) is 62.6 Å². The quantitative estimate of drug-likeness (QED) is 0.439. The number of hydrogen-bond acceptors (Lipinski definition) is 9. The zero-order chi connectivity index (χ0) is 24.0. The van der Waals surface area contributed by atoms with Gasteiger partial charge in [0, 0.05) is 64.3 Å². The van der Waals surface area contributed by atoms with Crippen LogP contribution in [0.1, 0.15) is 12.8 Å². The molecule has 11 nitrogen and oxygen atoms in total. The fourth-order valence-corrected chi connectivity index (χ4v) is 4.42. The molecule has 0 atom stereocenters. The largest absolute Gasteiger partial charge is 0.492 e. The highest BCUT2D eigenvalue weighted by molar-refractivity contribution is 5.90. The van der Waals surface area contributed by atoms with E-state index >= 15 is 0 Å². The average Bonchev–Trinajstić information content (AvgIpc) is 2.90. The van der Waals surface area contributed by atoms with E-state index in [1.807, 2.05) is 24.3 Å². The summed E-state index contributed by atoms with van der Waals surface area (Å²) in [6, 6.07) is 7.68. The first-order chi connectivity index (χ1) is 17.2. The van der Waals surface area contributed by atoms with Crippen LogP contribution >= 0.6 is 0 Å². The van der Waals surface area contributed by atoms with Crippen LogP contribution in [0, 0.1) is 6.57 Å². The van der Waals surface area contributed by atoms with Gasteiger partial charge in [-0.15, -0.1) is 0 Å². The number of anilines is 3. The number of nitrogens with zero attached hydrogens (tertiary/aromatic N) is 6. The number of hydrogen-bond donors (Lipinski definition) is 3. The molecule has 0 bridgehead atoms. The summed E-state index contributed by atoms with van der Waals surface area (Å²) < 4.78 is 5.91. The number of nitrogens with one attached hydrogen (secondary N) is 3. The lowest BCUT2D eigenvalue weighted by Gasteiger charge is -2.27. The van der Waals surface area contributed by atoms with Gasteiger partial charge in [0.05, 0.1) is 6.20 Å². The van der Waals surface area contributed by atoms with E-state index in [1.54, 1.807) is 0 Å². The molecule has 2 aromatic heterocycles. The number of piperidine rings is 1. The molecule has 4 heterocycles. The molecule has 3 aromatic rings. The minimum absolute atomic E-state index is 0.0476. The van der Waals surface area contributed by atoms with E-state index in [0.29, 0.717) is 42.4 Å². The van der Waals surface area contributed by atoms with Crippen molar-refractivity contribution in [3.05, 3.63) is 52.2 Å². The first-order valence-electron chi connectivity index (χ1n) is 12.0. The average molecular weight is 476 g/mol. The molecule has 0 unspecified atom stereocenters. The number of fused-ring (bicyclic) bond motifs is 1. The van der Waals surface area contributed by atoms with Crippen molar-refractivity contribution in [3.63, 3.8) is 0 Å². The Kier molecular flexibility index (Phi) is 7.02.